The first kappa shape index (κ1) is 13.0. The lowest BCUT2D eigenvalue weighted by atomic mass is 9.92. The van der Waals surface area contributed by atoms with E-state index in [9.17, 15) is 0 Å². The largest absolute Gasteiger partial charge is 0.375 e. The van der Waals surface area contributed by atoms with Crippen LogP contribution in [0.4, 0.5) is 0 Å². The quantitative estimate of drug-likeness (QED) is 0.826. The predicted octanol–water partition coefficient (Wildman–Crippen LogP) is 2.92. The van der Waals surface area contributed by atoms with Crippen LogP contribution in [0.15, 0.2) is 10.9 Å². The molecule has 0 amide bonds. The van der Waals surface area contributed by atoms with Crippen molar-refractivity contribution in [2.24, 2.45) is 0 Å². The van der Waals surface area contributed by atoms with Gasteiger partial charge in [-0.15, -0.1) is 11.3 Å². The van der Waals surface area contributed by atoms with Gasteiger partial charge in [0.1, 0.15) is 0 Å². The van der Waals surface area contributed by atoms with Gasteiger partial charge in [0.15, 0.2) is 0 Å². The van der Waals surface area contributed by atoms with Crippen molar-refractivity contribution in [3.05, 3.63) is 16.6 Å². The van der Waals surface area contributed by atoms with Crippen LogP contribution in [0.1, 0.15) is 39.3 Å². The molecular formula is C13H22N2OS. The molecule has 3 nitrogen and oxygen atoms in total. The molecule has 1 fully saturated rings. The third-order valence-electron chi connectivity index (χ3n) is 3.44. The maximum Gasteiger partial charge on any atom is 0.0795 e. The molecule has 0 aromatic carbocycles. The Labute approximate surface area is 108 Å². The van der Waals surface area contributed by atoms with E-state index in [4.69, 9.17) is 4.74 Å². The van der Waals surface area contributed by atoms with Crippen molar-refractivity contribution in [3.8, 4) is 0 Å². The van der Waals surface area contributed by atoms with Crippen LogP contribution in [-0.4, -0.2) is 34.7 Å². The van der Waals surface area contributed by atoms with Crippen LogP contribution < -0.4 is 0 Å². The second-order valence-corrected chi connectivity index (χ2v) is 6.02. The Morgan fingerprint density at radius 3 is 3.00 bits per heavy atom. The number of aromatic nitrogens is 1. The second kappa shape index (κ2) is 5.46. The fourth-order valence-electron chi connectivity index (χ4n) is 2.53. The van der Waals surface area contributed by atoms with E-state index in [1.165, 1.54) is 5.69 Å². The van der Waals surface area contributed by atoms with Gasteiger partial charge in [-0.2, -0.15) is 0 Å². The third kappa shape index (κ3) is 3.50. The van der Waals surface area contributed by atoms with E-state index >= 15 is 0 Å². The molecule has 2 rings (SSSR count). The fourth-order valence-corrected chi connectivity index (χ4v) is 3.08. The summed E-state index contributed by atoms with van der Waals surface area (Å²) >= 11 is 1.68. The Kier molecular flexibility index (Phi) is 4.17. The van der Waals surface area contributed by atoms with Crippen molar-refractivity contribution in [2.45, 2.75) is 51.8 Å². The van der Waals surface area contributed by atoms with Gasteiger partial charge in [0.2, 0.25) is 0 Å². The lowest BCUT2D eigenvalue weighted by Gasteiger charge is -2.40. The molecule has 1 atom stereocenters. The maximum atomic E-state index is 5.79. The molecule has 1 saturated heterocycles. The summed E-state index contributed by atoms with van der Waals surface area (Å²) in [5.74, 6) is 0. The van der Waals surface area contributed by atoms with Crippen molar-refractivity contribution in [1.29, 1.82) is 0 Å². The number of thiazole rings is 1. The molecule has 0 radical (unpaired) electrons. The Morgan fingerprint density at radius 1 is 1.59 bits per heavy atom. The molecule has 17 heavy (non-hydrogen) atoms. The van der Waals surface area contributed by atoms with Crippen molar-refractivity contribution in [3.63, 3.8) is 0 Å². The van der Waals surface area contributed by atoms with Crippen LogP contribution in [-0.2, 0) is 11.3 Å². The smallest absolute Gasteiger partial charge is 0.0795 e. The highest BCUT2D eigenvalue weighted by molar-refractivity contribution is 7.07. The highest BCUT2D eigenvalue weighted by Gasteiger charge is 2.31. The maximum absolute atomic E-state index is 5.79. The lowest BCUT2D eigenvalue weighted by molar-refractivity contribution is -0.0839. The number of nitrogens with zero attached hydrogens (tertiary/aromatic N) is 2. The zero-order valence-corrected chi connectivity index (χ0v) is 11.8. The molecule has 0 aliphatic carbocycles. The van der Waals surface area contributed by atoms with Crippen LogP contribution in [0, 0.1) is 0 Å². The zero-order valence-electron chi connectivity index (χ0n) is 11.0. The van der Waals surface area contributed by atoms with Crippen LogP contribution >= 0.6 is 11.3 Å². The minimum atomic E-state index is 0.0262. The summed E-state index contributed by atoms with van der Waals surface area (Å²) < 4.78 is 5.79. The van der Waals surface area contributed by atoms with Gasteiger partial charge in [-0.1, -0.05) is 6.92 Å². The average molecular weight is 254 g/mol. The number of rotatable bonds is 4. The van der Waals surface area contributed by atoms with Gasteiger partial charge in [-0.25, -0.2) is 4.98 Å². The van der Waals surface area contributed by atoms with Crippen molar-refractivity contribution >= 4 is 11.3 Å². The van der Waals surface area contributed by atoms with E-state index in [1.807, 2.05) is 5.51 Å². The van der Waals surface area contributed by atoms with E-state index in [-0.39, 0.29) is 5.60 Å². The summed E-state index contributed by atoms with van der Waals surface area (Å²) in [4.78, 5) is 6.91. The van der Waals surface area contributed by atoms with Crippen LogP contribution in [0.3, 0.4) is 0 Å². The molecule has 0 N–H and O–H groups in total. The van der Waals surface area contributed by atoms with E-state index < -0.39 is 0 Å². The Morgan fingerprint density at radius 2 is 2.41 bits per heavy atom. The van der Waals surface area contributed by atoms with Crippen LogP contribution in [0.2, 0.25) is 0 Å². The van der Waals surface area contributed by atoms with Crippen molar-refractivity contribution < 1.29 is 4.74 Å². The first-order chi connectivity index (χ1) is 8.11. The molecule has 0 bridgehead atoms. The zero-order chi connectivity index (χ0) is 12.3. The van der Waals surface area contributed by atoms with Crippen molar-refractivity contribution in [1.82, 2.24) is 9.88 Å². The molecule has 1 aromatic rings. The Hall–Kier alpha value is -0.450. The predicted molar refractivity (Wildman–Crippen MR) is 71.3 cm³/mol. The van der Waals surface area contributed by atoms with Crippen LogP contribution in [0.25, 0.3) is 0 Å². The average Bonchev–Trinajstić information content (AvgIpc) is 2.77. The minimum absolute atomic E-state index is 0.0262. The first-order valence-electron chi connectivity index (χ1n) is 6.36. The highest BCUT2D eigenvalue weighted by atomic mass is 32.1. The van der Waals surface area contributed by atoms with Gasteiger partial charge in [0.05, 0.1) is 16.8 Å². The summed E-state index contributed by atoms with van der Waals surface area (Å²) in [7, 11) is 0. The molecule has 0 saturated carbocycles. The van der Waals surface area contributed by atoms with E-state index in [1.54, 1.807) is 11.3 Å². The first-order valence-corrected chi connectivity index (χ1v) is 7.30. The fraction of sp³-hybridized carbons (Fsp3) is 0.769. The van der Waals surface area contributed by atoms with Gasteiger partial charge in [0, 0.05) is 24.6 Å². The Bertz CT molecular complexity index is 337. The van der Waals surface area contributed by atoms with E-state index in [0.29, 0.717) is 6.04 Å². The van der Waals surface area contributed by atoms with Gasteiger partial charge in [0.25, 0.3) is 0 Å². The monoisotopic (exact) mass is 254 g/mol. The highest BCUT2D eigenvalue weighted by Crippen LogP contribution is 2.28. The normalized spacial score (nSPS) is 24.1. The second-order valence-electron chi connectivity index (χ2n) is 5.30. The van der Waals surface area contributed by atoms with Crippen molar-refractivity contribution in [2.75, 3.05) is 13.2 Å². The summed E-state index contributed by atoms with van der Waals surface area (Å²) in [6.07, 6.45) is 2.26. The van der Waals surface area contributed by atoms with Gasteiger partial charge in [-0.05, 0) is 33.2 Å². The summed E-state index contributed by atoms with van der Waals surface area (Å²) in [5.41, 5.74) is 3.14. The topological polar surface area (TPSA) is 25.4 Å². The molecular weight excluding hydrogens is 232 g/mol. The molecule has 4 heteroatoms. The molecule has 2 heterocycles. The summed E-state index contributed by atoms with van der Waals surface area (Å²) in [5, 5.41) is 2.15. The molecule has 0 unspecified atom stereocenters. The van der Waals surface area contributed by atoms with E-state index in [2.05, 4.69) is 36.0 Å². The van der Waals surface area contributed by atoms with Gasteiger partial charge >= 0.3 is 0 Å². The molecule has 96 valence electrons. The molecule has 1 aliphatic rings. The standard InChI is InChI=1S/C13H22N2OS/c1-4-15(8-11-9-17-10-14-11)12-5-6-16-13(2,3)7-12/h9-10,12H,4-8H2,1-3H3/t12-/m1/s1. The van der Waals surface area contributed by atoms with Crippen LogP contribution in [0.5, 0.6) is 0 Å². The number of hydrogen-bond donors (Lipinski definition) is 0. The van der Waals surface area contributed by atoms with Gasteiger partial charge < -0.3 is 4.74 Å². The summed E-state index contributed by atoms with van der Waals surface area (Å²) in [6.45, 7) is 9.55. The lowest BCUT2D eigenvalue weighted by Crippen LogP contribution is -2.45. The third-order valence-corrected chi connectivity index (χ3v) is 4.08. The molecule has 1 aliphatic heterocycles. The number of ether oxygens (including phenoxy) is 1. The van der Waals surface area contributed by atoms with Gasteiger partial charge in [-0.3, -0.25) is 4.90 Å². The molecule has 0 spiro atoms. The summed E-state index contributed by atoms with van der Waals surface area (Å²) in [6, 6.07) is 0.630. The minimum Gasteiger partial charge on any atom is -0.375 e. The number of hydrogen-bond acceptors (Lipinski definition) is 4. The SMILES string of the molecule is CCN(Cc1cscn1)[C@@H]1CCOC(C)(C)C1. The Balaban J connectivity index is 1.98. The van der Waals surface area contributed by atoms with E-state index in [0.717, 1.165) is 32.5 Å². The molecule has 1 aromatic heterocycles.